The van der Waals surface area contributed by atoms with Crippen LogP contribution in [-0.4, -0.2) is 35.2 Å². The molecule has 0 radical (unpaired) electrons. The summed E-state index contributed by atoms with van der Waals surface area (Å²) >= 11 is 0. The van der Waals surface area contributed by atoms with E-state index in [1.165, 1.54) is 24.4 Å². The molecule has 0 bridgehead atoms. The van der Waals surface area contributed by atoms with E-state index in [1.807, 2.05) is 0 Å². The summed E-state index contributed by atoms with van der Waals surface area (Å²) in [5.74, 6) is -1.50. The van der Waals surface area contributed by atoms with Gasteiger partial charge in [-0.25, -0.2) is 18.6 Å². The van der Waals surface area contributed by atoms with Gasteiger partial charge in [-0.05, 0) is 30.7 Å². The standard InChI is InChI=1S/C20H15F5N4O2/c1-19(16(22)17(20(23,24)25)31-18(26)29-19)12-7-10(3-5-13(12)21)8-15(30)14-6-4-11(27-2)9-28-14/h3-7,9,16-17H,8H2,1H3,(H2,26,29)/t16-,17-,19+/m0/s1. The molecule has 0 saturated heterocycles. The van der Waals surface area contributed by atoms with Crippen LogP contribution in [-0.2, 0) is 16.7 Å². The zero-order valence-corrected chi connectivity index (χ0v) is 16.0. The molecule has 31 heavy (non-hydrogen) atoms. The third kappa shape index (κ3) is 4.33. The molecule has 2 heterocycles. The lowest BCUT2D eigenvalue weighted by Gasteiger charge is -2.39. The SMILES string of the molecule is [C-]#[N+]c1ccc(C(=O)Cc2ccc(F)c([C@@]3(C)N=C(N)O[C@H](C(F)(F)F)[C@@H]3F)c2)nc1. The molecule has 1 aromatic heterocycles. The highest BCUT2D eigenvalue weighted by Gasteiger charge is 2.58. The van der Waals surface area contributed by atoms with Crippen molar-refractivity contribution in [1.82, 2.24) is 4.98 Å². The summed E-state index contributed by atoms with van der Waals surface area (Å²) in [6.45, 7) is 7.85. The average Bonchev–Trinajstić information content (AvgIpc) is 2.71. The number of halogens is 5. The number of amidine groups is 1. The predicted molar refractivity (Wildman–Crippen MR) is 99.7 cm³/mol. The van der Waals surface area contributed by atoms with Crippen molar-refractivity contribution in [1.29, 1.82) is 0 Å². The fourth-order valence-corrected chi connectivity index (χ4v) is 3.21. The molecule has 1 aromatic carbocycles. The van der Waals surface area contributed by atoms with Crippen LogP contribution >= 0.6 is 0 Å². The lowest BCUT2D eigenvalue weighted by Crippen LogP contribution is -2.55. The molecule has 0 fully saturated rings. The first kappa shape index (κ1) is 22.1. The van der Waals surface area contributed by atoms with Crippen LogP contribution in [0.1, 0.15) is 28.5 Å². The molecule has 0 amide bonds. The Hall–Kier alpha value is -3.55. The van der Waals surface area contributed by atoms with Gasteiger partial charge in [-0.15, -0.1) is 0 Å². The molecule has 162 valence electrons. The van der Waals surface area contributed by atoms with Crippen LogP contribution in [0.15, 0.2) is 41.5 Å². The summed E-state index contributed by atoms with van der Waals surface area (Å²) < 4.78 is 73.3. The highest BCUT2D eigenvalue weighted by molar-refractivity contribution is 5.96. The molecule has 3 atom stereocenters. The maximum Gasteiger partial charge on any atom is 0.428 e. The number of ketones is 1. The molecular formula is C20H15F5N4O2. The van der Waals surface area contributed by atoms with Crippen molar-refractivity contribution in [2.45, 2.75) is 37.3 Å². The third-order valence-corrected chi connectivity index (χ3v) is 4.82. The first-order chi connectivity index (χ1) is 14.5. The van der Waals surface area contributed by atoms with Crippen LogP contribution in [0.3, 0.4) is 0 Å². The maximum atomic E-state index is 14.9. The van der Waals surface area contributed by atoms with Gasteiger partial charge in [0, 0.05) is 18.2 Å². The van der Waals surface area contributed by atoms with Crippen molar-refractivity contribution >= 4 is 17.5 Å². The van der Waals surface area contributed by atoms with Gasteiger partial charge in [0.05, 0.1) is 6.57 Å². The number of aliphatic imine (C=N–C) groups is 1. The van der Waals surface area contributed by atoms with Crippen LogP contribution < -0.4 is 5.73 Å². The van der Waals surface area contributed by atoms with E-state index >= 15 is 0 Å². The van der Waals surface area contributed by atoms with E-state index in [2.05, 4.69) is 19.6 Å². The van der Waals surface area contributed by atoms with Gasteiger partial charge in [0.25, 0.3) is 6.02 Å². The van der Waals surface area contributed by atoms with E-state index in [9.17, 15) is 26.7 Å². The molecule has 1 aliphatic heterocycles. The monoisotopic (exact) mass is 438 g/mol. The second kappa shape index (κ2) is 7.94. The van der Waals surface area contributed by atoms with Gasteiger partial charge >= 0.3 is 6.18 Å². The van der Waals surface area contributed by atoms with E-state index in [-0.39, 0.29) is 23.4 Å². The fraction of sp³-hybridized carbons (Fsp3) is 0.300. The molecule has 1 aliphatic rings. The number of ether oxygens (including phenoxy) is 1. The Labute approximate surface area is 173 Å². The van der Waals surface area contributed by atoms with E-state index in [1.54, 1.807) is 0 Å². The summed E-state index contributed by atoms with van der Waals surface area (Å²) in [7, 11) is 0. The van der Waals surface area contributed by atoms with Crippen LogP contribution in [0.4, 0.5) is 27.6 Å². The lowest BCUT2D eigenvalue weighted by atomic mass is 9.82. The van der Waals surface area contributed by atoms with Crippen LogP contribution in [0, 0.1) is 12.4 Å². The van der Waals surface area contributed by atoms with Crippen molar-refractivity contribution in [2.24, 2.45) is 10.7 Å². The van der Waals surface area contributed by atoms with E-state index in [0.717, 1.165) is 19.1 Å². The number of carbonyl (C=O) groups is 1. The number of nitrogens with zero attached hydrogens (tertiary/aromatic N) is 3. The molecule has 2 aromatic rings. The number of aromatic nitrogens is 1. The van der Waals surface area contributed by atoms with Gasteiger partial charge in [-0.1, -0.05) is 12.1 Å². The van der Waals surface area contributed by atoms with Crippen LogP contribution in [0.2, 0.25) is 0 Å². The Morgan fingerprint density at radius 3 is 2.61 bits per heavy atom. The van der Waals surface area contributed by atoms with Gasteiger partial charge in [-0.3, -0.25) is 9.78 Å². The minimum absolute atomic E-state index is 0.0401. The van der Waals surface area contributed by atoms with Gasteiger partial charge < -0.3 is 10.5 Å². The molecule has 3 rings (SSSR count). The number of hydrogen-bond donors (Lipinski definition) is 1. The molecule has 0 spiro atoms. The van der Waals surface area contributed by atoms with Crippen LogP contribution in [0.5, 0.6) is 0 Å². The fourth-order valence-electron chi connectivity index (χ4n) is 3.21. The maximum absolute atomic E-state index is 14.9. The van der Waals surface area contributed by atoms with Gasteiger partial charge in [0.2, 0.25) is 11.8 Å². The number of rotatable bonds is 4. The number of carbonyl (C=O) groups excluding carboxylic acids is 1. The number of alkyl halides is 4. The quantitative estimate of drug-likeness (QED) is 0.444. The number of Topliss-reactive ketones (excluding diaryl/α,β-unsaturated/α-hetero) is 1. The van der Waals surface area contributed by atoms with E-state index in [4.69, 9.17) is 12.3 Å². The molecule has 0 unspecified atom stereocenters. The highest BCUT2D eigenvalue weighted by atomic mass is 19.4. The Balaban J connectivity index is 1.95. The number of hydrogen-bond acceptors (Lipinski definition) is 5. The Morgan fingerprint density at radius 1 is 1.32 bits per heavy atom. The molecule has 2 N–H and O–H groups in total. The Kier molecular flexibility index (Phi) is 5.67. The van der Waals surface area contributed by atoms with Gasteiger partial charge in [0.1, 0.15) is 17.1 Å². The minimum Gasteiger partial charge on any atom is -0.449 e. The first-order valence-corrected chi connectivity index (χ1v) is 8.84. The average molecular weight is 438 g/mol. The van der Waals surface area contributed by atoms with Crippen molar-refractivity contribution in [3.63, 3.8) is 0 Å². The molecular weight excluding hydrogens is 423 g/mol. The Morgan fingerprint density at radius 2 is 2.03 bits per heavy atom. The first-order valence-electron chi connectivity index (χ1n) is 8.84. The number of benzene rings is 1. The zero-order valence-electron chi connectivity index (χ0n) is 16.0. The van der Waals surface area contributed by atoms with Crippen molar-refractivity contribution in [3.05, 3.63) is 70.6 Å². The summed E-state index contributed by atoms with van der Waals surface area (Å²) in [5.41, 5.74) is 2.97. The molecule has 6 nitrogen and oxygen atoms in total. The molecule has 0 saturated carbocycles. The van der Waals surface area contributed by atoms with Crippen molar-refractivity contribution in [2.75, 3.05) is 0 Å². The van der Waals surface area contributed by atoms with Gasteiger partial charge in [0.15, 0.2) is 12.0 Å². The zero-order chi connectivity index (χ0) is 23.0. The topological polar surface area (TPSA) is 81.9 Å². The van der Waals surface area contributed by atoms with Crippen LogP contribution in [0.25, 0.3) is 4.85 Å². The molecule has 0 aliphatic carbocycles. The van der Waals surface area contributed by atoms with Crippen molar-refractivity contribution < 1.29 is 31.5 Å². The lowest BCUT2D eigenvalue weighted by molar-refractivity contribution is -0.227. The Bertz CT molecular complexity index is 1080. The summed E-state index contributed by atoms with van der Waals surface area (Å²) in [5, 5.41) is 0. The van der Waals surface area contributed by atoms with E-state index in [0.29, 0.717) is 0 Å². The normalized spacial score (nSPS) is 23.5. The predicted octanol–water partition coefficient (Wildman–Crippen LogP) is 4.03. The minimum atomic E-state index is -5.10. The second-order valence-electron chi connectivity index (χ2n) is 7.01. The summed E-state index contributed by atoms with van der Waals surface area (Å²) in [4.78, 5) is 23.1. The number of pyridine rings is 1. The summed E-state index contributed by atoms with van der Waals surface area (Å²) in [6, 6.07) is 5.04. The largest absolute Gasteiger partial charge is 0.449 e. The summed E-state index contributed by atoms with van der Waals surface area (Å²) in [6.07, 6.45) is -9.90. The third-order valence-electron chi connectivity index (χ3n) is 4.82. The smallest absolute Gasteiger partial charge is 0.428 e. The van der Waals surface area contributed by atoms with E-state index < -0.39 is 47.2 Å². The van der Waals surface area contributed by atoms with Gasteiger partial charge in [-0.2, -0.15) is 13.2 Å². The van der Waals surface area contributed by atoms with Crippen molar-refractivity contribution in [3.8, 4) is 0 Å². The number of nitrogens with two attached hydrogens (primary N) is 1. The highest BCUT2D eigenvalue weighted by Crippen LogP contribution is 2.43. The molecule has 11 heteroatoms. The second-order valence-corrected chi connectivity index (χ2v) is 7.01.